The predicted molar refractivity (Wildman–Crippen MR) is 153 cm³/mol. The third kappa shape index (κ3) is 6.16. The van der Waals surface area contributed by atoms with E-state index < -0.39 is 8.32 Å². The number of hydrogen-bond acceptors (Lipinski definition) is 6. The number of aryl methyl sites for hydroxylation is 2. The molecule has 2 aliphatic rings. The Bertz CT molecular complexity index is 1260. The van der Waals surface area contributed by atoms with E-state index in [9.17, 15) is 14.7 Å². The van der Waals surface area contributed by atoms with Gasteiger partial charge < -0.3 is 19.5 Å². The van der Waals surface area contributed by atoms with Gasteiger partial charge in [0.05, 0.1) is 30.4 Å². The van der Waals surface area contributed by atoms with Gasteiger partial charge in [0.25, 0.3) is 0 Å². The van der Waals surface area contributed by atoms with E-state index in [4.69, 9.17) is 4.74 Å². The Morgan fingerprint density at radius 1 is 1.10 bits per heavy atom. The van der Waals surface area contributed by atoms with Crippen molar-refractivity contribution in [1.29, 1.82) is 0 Å². The van der Waals surface area contributed by atoms with E-state index in [0.29, 0.717) is 13.0 Å². The molecule has 8 nitrogen and oxygen atoms in total. The molecule has 208 valence electrons. The van der Waals surface area contributed by atoms with Gasteiger partial charge in [0.15, 0.2) is 8.32 Å². The normalized spacial score (nSPS) is 24.1. The number of nitrogens with zero attached hydrogens (tertiary/aromatic N) is 4. The maximum absolute atomic E-state index is 11.9. The number of aliphatic hydroxyl groups is 1. The first-order valence-corrected chi connectivity index (χ1v) is 17.1. The van der Waals surface area contributed by atoms with Crippen LogP contribution in [0, 0.1) is 5.92 Å². The second kappa shape index (κ2) is 11.7. The minimum Gasteiger partial charge on any atom is -0.432 e. The van der Waals surface area contributed by atoms with Crippen LogP contribution in [-0.2, 0) is 22.5 Å². The summed E-state index contributed by atoms with van der Waals surface area (Å²) in [6.45, 7) is 7.65. The van der Waals surface area contributed by atoms with Crippen LogP contribution in [-0.4, -0.2) is 64.5 Å². The molecule has 5 rings (SSSR count). The van der Waals surface area contributed by atoms with Crippen molar-refractivity contribution in [3.8, 4) is 0 Å². The molecule has 0 aliphatic carbocycles. The van der Waals surface area contributed by atoms with E-state index in [0.717, 1.165) is 42.8 Å². The van der Waals surface area contributed by atoms with Gasteiger partial charge in [-0.1, -0.05) is 54.6 Å². The zero-order chi connectivity index (χ0) is 27.6. The van der Waals surface area contributed by atoms with Crippen LogP contribution in [0.25, 0.3) is 0 Å². The highest BCUT2D eigenvalue weighted by Gasteiger charge is 2.49. The number of aliphatic hydroxyl groups excluding tert-OH is 1. The summed E-state index contributed by atoms with van der Waals surface area (Å²) in [5.41, 5.74) is 4.07. The Morgan fingerprint density at radius 2 is 1.90 bits per heavy atom. The van der Waals surface area contributed by atoms with Crippen molar-refractivity contribution in [2.75, 3.05) is 18.1 Å². The van der Waals surface area contributed by atoms with Crippen LogP contribution < -0.4 is 4.90 Å². The zero-order valence-corrected chi connectivity index (χ0v) is 24.1. The van der Waals surface area contributed by atoms with E-state index in [1.165, 1.54) is 5.56 Å². The van der Waals surface area contributed by atoms with E-state index in [2.05, 4.69) is 29.4 Å². The standard InChI is InChI=1S/C30H40N4O4Si/c1-21-27(13-12-22-8-7-11-24(18-22)34-17-15-29(34)36)38-28(30(21)39(2,3)37)14-16-33-19-26(31-32-33)25(20-35)23-9-5-4-6-10-23/h4-11,18-19,21,25,27-28,30,35,37H,12-17,20H2,1-3H3/t21-,25?,27+,28-,30+/m1/s1. The maximum atomic E-state index is 11.9. The van der Waals surface area contributed by atoms with Gasteiger partial charge in [-0.3, -0.25) is 9.48 Å². The lowest BCUT2D eigenvalue weighted by molar-refractivity contribution is -0.122. The third-order valence-corrected chi connectivity index (χ3v) is 11.0. The number of rotatable bonds is 11. The van der Waals surface area contributed by atoms with Crippen molar-refractivity contribution in [2.24, 2.45) is 5.92 Å². The molecule has 1 amide bonds. The Labute approximate surface area is 231 Å². The fraction of sp³-hybridized carbons (Fsp3) is 0.500. The largest absolute Gasteiger partial charge is 0.432 e. The number of amides is 1. The fourth-order valence-corrected chi connectivity index (χ4v) is 9.01. The molecule has 2 N–H and O–H groups in total. The first kappa shape index (κ1) is 27.7. The molecule has 2 aromatic carbocycles. The van der Waals surface area contributed by atoms with Gasteiger partial charge in [-0.05, 0) is 61.5 Å². The molecule has 0 saturated carbocycles. The van der Waals surface area contributed by atoms with Gasteiger partial charge >= 0.3 is 0 Å². The second-order valence-electron chi connectivity index (χ2n) is 11.6. The third-order valence-electron chi connectivity index (χ3n) is 8.45. The number of carbonyl (C=O) groups is 1. The molecule has 9 heteroatoms. The minimum atomic E-state index is -2.48. The predicted octanol–water partition coefficient (Wildman–Crippen LogP) is 4.13. The molecule has 5 atom stereocenters. The van der Waals surface area contributed by atoms with Crippen molar-refractivity contribution >= 4 is 19.9 Å². The lowest BCUT2D eigenvalue weighted by Crippen LogP contribution is -2.43. The van der Waals surface area contributed by atoms with E-state index in [-0.39, 0.29) is 42.1 Å². The summed E-state index contributed by atoms with van der Waals surface area (Å²) in [5, 5.41) is 18.7. The monoisotopic (exact) mass is 548 g/mol. The molecule has 0 spiro atoms. The van der Waals surface area contributed by atoms with Gasteiger partial charge in [-0.2, -0.15) is 0 Å². The highest BCUT2D eigenvalue weighted by atomic mass is 28.4. The summed E-state index contributed by atoms with van der Waals surface area (Å²) in [4.78, 5) is 24.9. The second-order valence-corrected chi connectivity index (χ2v) is 15.6. The van der Waals surface area contributed by atoms with Gasteiger partial charge in [0.2, 0.25) is 5.91 Å². The number of β-lactam (4-membered cyclic amide) rings is 1. The molecule has 1 aromatic heterocycles. The van der Waals surface area contributed by atoms with Crippen molar-refractivity contribution in [1.82, 2.24) is 15.0 Å². The molecule has 39 heavy (non-hydrogen) atoms. The molecular weight excluding hydrogens is 508 g/mol. The molecule has 2 saturated heterocycles. The Hall–Kier alpha value is -2.85. The number of aromatic nitrogens is 3. The number of ether oxygens (including phenoxy) is 1. The van der Waals surface area contributed by atoms with Crippen molar-refractivity contribution in [3.63, 3.8) is 0 Å². The quantitative estimate of drug-likeness (QED) is 0.276. The van der Waals surface area contributed by atoms with Crippen LogP contribution in [0.2, 0.25) is 18.6 Å². The Balaban J connectivity index is 1.22. The summed E-state index contributed by atoms with van der Waals surface area (Å²) in [6.07, 6.45) is 5.05. The molecule has 0 radical (unpaired) electrons. The van der Waals surface area contributed by atoms with Gasteiger partial charge in [-0.25, -0.2) is 0 Å². The van der Waals surface area contributed by atoms with Crippen molar-refractivity contribution in [3.05, 3.63) is 77.6 Å². The first-order chi connectivity index (χ1) is 18.7. The van der Waals surface area contributed by atoms with Crippen molar-refractivity contribution in [2.45, 2.75) is 75.9 Å². The first-order valence-electron chi connectivity index (χ1n) is 14.1. The van der Waals surface area contributed by atoms with Gasteiger partial charge in [0.1, 0.15) is 0 Å². The van der Waals surface area contributed by atoms with Crippen molar-refractivity contribution < 1.29 is 19.4 Å². The average Bonchev–Trinajstić information content (AvgIpc) is 3.50. The van der Waals surface area contributed by atoms with E-state index >= 15 is 0 Å². The molecule has 0 bridgehead atoms. The molecule has 3 heterocycles. The summed E-state index contributed by atoms with van der Waals surface area (Å²) in [7, 11) is -2.48. The number of carbonyl (C=O) groups excluding carboxylic acids is 1. The number of benzene rings is 2. The summed E-state index contributed by atoms with van der Waals surface area (Å²) in [5.74, 6) is 0.235. The summed E-state index contributed by atoms with van der Waals surface area (Å²) < 4.78 is 8.46. The topological polar surface area (TPSA) is 101 Å². The lowest BCUT2D eigenvalue weighted by atomic mass is 9.95. The minimum absolute atomic E-state index is 0.0305. The summed E-state index contributed by atoms with van der Waals surface area (Å²) in [6, 6.07) is 18.1. The maximum Gasteiger partial charge on any atom is 0.228 e. The van der Waals surface area contributed by atoms with Crippen LogP contribution in [0.1, 0.15) is 48.9 Å². The molecular formula is C30H40N4O4Si. The van der Waals surface area contributed by atoms with Crippen LogP contribution in [0.15, 0.2) is 60.8 Å². The SMILES string of the molecule is C[C@H]1[C@H]([Si](C)(C)O)[C@@H](CCn2cc(C(CO)c3ccccc3)nn2)O[C@H]1CCc1cccc(N2CCC2=O)c1. The van der Waals surface area contributed by atoms with Crippen LogP contribution in [0.3, 0.4) is 0 Å². The fourth-order valence-electron chi connectivity index (χ4n) is 6.35. The van der Waals surface area contributed by atoms with Gasteiger partial charge in [0, 0.05) is 36.9 Å². The summed E-state index contributed by atoms with van der Waals surface area (Å²) >= 11 is 0. The van der Waals surface area contributed by atoms with E-state index in [1.54, 1.807) is 0 Å². The lowest BCUT2D eigenvalue weighted by Gasteiger charge is -2.31. The Kier molecular flexibility index (Phi) is 8.32. The number of anilines is 1. The van der Waals surface area contributed by atoms with Crippen LogP contribution >= 0.6 is 0 Å². The number of hydrogen-bond donors (Lipinski definition) is 2. The molecule has 2 aliphatic heterocycles. The molecule has 3 aromatic rings. The van der Waals surface area contributed by atoms with Crippen LogP contribution in [0.5, 0.6) is 0 Å². The highest BCUT2D eigenvalue weighted by Crippen LogP contribution is 2.45. The zero-order valence-electron chi connectivity index (χ0n) is 23.1. The highest BCUT2D eigenvalue weighted by molar-refractivity contribution is 6.71. The van der Waals surface area contributed by atoms with E-state index in [1.807, 2.05) is 71.3 Å². The van der Waals surface area contributed by atoms with Crippen LogP contribution in [0.4, 0.5) is 5.69 Å². The smallest absolute Gasteiger partial charge is 0.228 e. The van der Waals surface area contributed by atoms with Gasteiger partial charge in [-0.15, -0.1) is 5.10 Å². The molecule has 2 fully saturated rings. The molecule has 1 unspecified atom stereocenters. The average molecular weight is 549 g/mol. The Morgan fingerprint density at radius 3 is 2.56 bits per heavy atom.